The number of hydrogen-bond donors (Lipinski definition) is 2. The molecule has 0 aliphatic rings. The molecule has 0 saturated heterocycles. The van der Waals surface area contributed by atoms with Crippen molar-refractivity contribution in [3.8, 4) is 0 Å². The number of carboxylic acid groups (broad SMARTS) is 1. The molecule has 2 aromatic rings. The topological polar surface area (TPSA) is 96.6 Å². The molecule has 0 spiro atoms. The number of amides is 1. The van der Waals surface area contributed by atoms with Crippen LogP contribution in [0.3, 0.4) is 0 Å². The summed E-state index contributed by atoms with van der Waals surface area (Å²) in [6.07, 6.45) is 9.93. The van der Waals surface area contributed by atoms with Crippen molar-refractivity contribution >= 4 is 17.4 Å². The first kappa shape index (κ1) is 15.0. The van der Waals surface area contributed by atoms with E-state index in [1.807, 2.05) is 0 Å². The number of aromatic nitrogens is 3. The van der Waals surface area contributed by atoms with Gasteiger partial charge < -0.3 is 10.4 Å². The first-order chi connectivity index (χ1) is 10.2. The number of aliphatic carboxylic acids is 1. The number of rotatable bonds is 8. The summed E-state index contributed by atoms with van der Waals surface area (Å²) in [7, 11) is 0. The lowest BCUT2D eigenvalue weighted by Crippen LogP contribution is -2.24. The second-order valence-corrected chi connectivity index (χ2v) is 4.78. The highest BCUT2D eigenvalue weighted by Gasteiger charge is 2.11. The predicted octanol–water partition coefficient (Wildman–Crippen LogP) is 1.49. The fraction of sp³-hybridized carbons (Fsp3) is 0.429. The van der Waals surface area contributed by atoms with Crippen LogP contribution < -0.4 is 5.32 Å². The summed E-state index contributed by atoms with van der Waals surface area (Å²) in [4.78, 5) is 26.4. The molecule has 2 rings (SSSR count). The number of fused-ring (bicyclic) bond motifs is 1. The zero-order chi connectivity index (χ0) is 15.1. The van der Waals surface area contributed by atoms with E-state index in [-0.39, 0.29) is 12.3 Å². The van der Waals surface area contributed by atoms with E-state index >= 15 is 0 Å². The minimum absolute atomic E-state index is 0.163. The van der Waals surface area contributed by atoms with Gasteiger partial charge in [-0.05, 0) is 12.8 Å². The molecule has 0 atom stereocenters. The molecule has 2 N–H and O–H groups in total. The third kappa shape index (κ3) is 4.27. The fourth-order valence-corrected chi connectivity index (χ4v) is 2.06. The number of carbonyl (C=O) groups excluding carboxylic acids is 1. The van der Waals surface area contributed by atoms with E-state index in [0.717, 1.165) is 19.3 Å². The van der Waals surface area contributed by atoms with Gasteiger partial charge in [0, 0.05) is 25.4 Å². The molecule has 2 heterocycles. The minimum Gasteiger partial charge on any atom is -0.481 e. The molecule has 0 saturated carbocycles. The summed E-state index contributed by atoms with van der Waals surface area (Å²) >= 11 is 0. The Morgan fingerprint density at radius 2 is 2.00 bits per heavy atom. The van der Waals surface area contributed by atoms with Crippen molar-refractivity contribution < 1.29 is 14.7 Å². The third-order valence-electron chi connectivity index (χ3n) is 3.17. The van der Waals surface area contributed by atoms with Crippen molar-refractivity contribution in [3.05, 3.63) is 30.4 Å². The van der Waals surface area contributed by atoms with Crippen LogP contribution in [-0.4, -0.2) is 38.1 Å². The molecular formula is C14H18N4O3. The first-order valence-corrected chi connectivity index (χ1v) is 6.96. The maximum absolute atomic E-state index is 12.0. The SMILES string of the molecule is O=C(O)CCCCCCNC(=O)c1cnn2ccncc12. The molecule has 7 nitrogen and oxygen atoms in total. The molecule has 0 aromatic carbocycles. The third-order valence-corrected chi connectivity index (χ3v) is 3.17. The van der Waals surface area contributed by atoms with Gasteiger partial charge in [-0.25, -0.2) is 4.52 Å². The Hall–Kier alpha value is -2.44. The van der Waals surface area contributed by atoms with Crippen LogP contribution in [0.2, 0.25) is 0 Å². The number of carboxylic acids is 1. The van der Waals surface area contributed by atoms with Gasteiger partial charge in [0.25, 0.3) is 5.91 Å². The van der Waals surface area contributed by atoms with Crippen molar-refractivity contribution in [2.45, 2.75) is 32.1 Å². The van der Waals surface area contributed by atoms with Crippen molar-refractivity contribution in [2.75, 3.05) is 6.54 Å². The highest BCUT2D eigenvalue weighted by molar-refractivity contribution is 6.00. The zero-order valence-electron chi connectivity index (χ0n) is 11.7. The summed E-state index contributed by atoms with van der Waals surface area (Å²) in [5.74, 6) is -0.923. The summed E-state index contributed by atoms with van der Waals surface area (Å²) in [6, 6.07) is 0. The number of hydrogen-bond acceptors (Lipinski definition) is 4. The van der Waals surface area contributed by atoms with Gasteiger partial charge in [0.15, 0.2) is 0 Å². The van der Waals surface area contributed by atoms with Crippen LogP contribution in [0, 0.1) is 0 Å². The molecule has 112 valence electrons. The molecule has 0 unspecified atom stereocenters. The van der Waals surface area contributed by atoms with Crippen molar-refractivity contribution in [1.29, 1.82) is 0 Å². The van der Waals surface area contributed by atoms with Crippen LogP contribution in [0.25, 0.3) is 5.52 Å². The molecule has 0 bridgehead atoms. The van der Waals surface area contributed by atoms with Crippen molar-refractivity contribution in [3.63, 3.8) is 0 Å². The minimum atomic E-state index is -0.759. The Morgan fingerprint density at radius 3 is 2.81 bits per heavy atom. The fourth-order valence-electron chi connectivity index (χ4n) is 2.06. The normalized spacial score (nSPS) is 10.7. The van der Waals surface area contributed by atoms with Crippen LogP contribution in [0.1, 0.15) is 42.5 Å². The average Bonchev–Trinajstić information content (AvgIpc) is 2.89. The quantitative estimate of drug-likeness (QED) is 0.718. The molecular weight excluding hydrogens is 272 g/mol. The van der Waals surface area contributed by atoms with Crippen molar-refractivity contribution in [1.82, 2.24) is 19.9 Å². The van der Waals surface area contributed by atoms with Crippen LogP contribution in [0.4, 0.5) is 0 Å². The number of carbonyl (C=O) groups is 2. The van der Waals surface area contributed by atoms with Gasteiger partial charge in [-0.1, -0.05) is 12.8 Å². The van der Waals surface area contributed by atoms with Crippen LogP contribution in [-0.2, 0) is 4.79 Å². The van der Waals surface area contributed by atoms with E-state index in [2.05, 4.69) is 15.4 Å². The van der Waals surface area contributed by atoms with E-state index < -0.39 is 5.97 Å². The lowest BCUT2D eigenvalue weighted by Gasteiger charge is -2.04. The van der Waals surface area contributed by atoms with Crippen LogP contribution >= 0.6 is 0 Å². The summed E-state index contributed by atoms with van der Waals surface area (Å²) < 4.78 is 1.60. The lowest BCUT2D eigenvalue weighted by atomic mass is 10.1. The largest absolute Gasteiger partial charge is 0.481 e. The standard InChI is InChI=1S/C14H18N4O3/c19-13(20)5-3-1-2-4-6-16-14(21)11-9-17-18-8-7-15-10-12(11)18/h7-10H,1-6H2,(H,16,21)(H,19,20). The van der Waals surface area contributed by atoms with Gasteiger partial charge in [0.2, 0.25) is 0 Å². The maximum Gasteiger partial charge on any atom is 0.303 e. The predicted molar refractivity (Wildman–Crippen MR) is 76.0 cm³/mol. The molecule has 0 aliphatic carbocycles. The Kier molecular flexibility index (Phi) is 5.25. The van der Waals surface area contributed by atoms with E-state index in [4.69, 9.17) is 5.11 Å². The van der Waals surface area contributed by atoms with Crippen LogP contribution in [0.15, 0.2) is 24.8 Å². The highest BCUT2D eigenvalue weighted by Crippen LogP contribution is 2.08. The Balaban J connectivity index is 1.71. The van der Waals surface area contributed by atoms with Gasteiger partial charge >= 0.3 is 5.97 Å². The Morgan fingerprint density at radius 1 is 1.19 bits per heavy atom. The first-order valence-electron chi connectivity index (χ1n) is 6.96. The van der Waals surface area contributed by atoms with E-state index in [1.165, 1.54) is 6.20 Å². The molecule has 0 fully saturated rings. The molecule has 7 heteroatoms. The smallest absolute Gasteiger partial charge is 0.303 e. The average molecular weight is 290 g/mol. The van der Waals surface area contributed by atoms with Gasteiger partial charge in [0.1, 0.15) is 0 Å². The van der Waals surface area contributed by atoms with Crippen molar-refractivity contribution in [2.24, 2.45) is 0 Å². The number of nitrogens with one attached hydrogen (secondary N) is 1. The van der Waals surface area contributed by atoms with Gasteiger partial charge in [0.05, 0.1) is 23.5 Å². The van der Waals surface area contributed by atoms with E-state index in [0.29, 0.717) is 24.0 Å². The van der Waals surface area contributed by atoms with Gasteiger partial charge in [-0.15, -0.1) is 0 Å². The molecule has 0 aliphatic heterocycles. The van der Waals surface area contributed by atoms with Gasteiger partial charge in [-0.3, -0.25) is 14.6 Å². The maximum atomic E-state index is 12.0. The molecule has 2 aromatic heterocycles. The van der Waals surface area contributed by atoms with E-state index in [9.17, 15) is 9.59 Å². The number of unbranched alkanes of at least 4 members (excludes halogenated alkanes) is 3. The van der Waals surface area contributed by atoms with Gasteiger partial charge in [-0.2, -0.15) is 5.10 Å². The lowest BCUT2D eigenvalue weighted by molar-refractivity contribution is -0.137. The number of nitrogens with zero attached hydrogens (tertiary/aromatic N) is 3. The second kappa shape index (κ2) is 7.37. The molecule has 0 radical (unpaired) electrons. The summed E-state index contributed by atoms with van der Waals surface area (Å²) in [6.45, 7) is 0.573. The highest BCUT2D eigenvalue weighted by atomic mass is 16.4. The molecule has 21 heavy (non-hydrogen) atoms. The Labute approximate surface area is 122 Å². The van der Waals surface area contributed by atoms with Crippen LogP contribution in [0.5, 0.6) is 0 Å². The van der Waals surface area contributed by atoms with E-state index in [1.54, 1.807) is 23.1 Å². The summed E-state index contributed by atoms with van der Waals surface area (Å²) in [5.41, 5.74) is 1.19. The second-order valence-electron chi connectivity index (χ2n) is 4.78. The Bertz CT molecular complexity index is 623. The summed E-state index contributed by atoms with van der Waals surface area (Å²) in [5, 5.41) is 15.4. The zero-order valence-corrected chi connectivity index (χ0v) is 11.7. The molecule has 1 amide bonds. The monoisotopic (exact) mass is 290 g/mol.